The van der Waals surface area contributed by atoms with E-state index in [4.69, 9.17) is 4.74 Å². The molecule has 0 atom stereocenters. The Bertz CT molecular complexity index is 787. The first-order valence-corrected chi connectivity index (χ1v) is 9.14. The average molecular weight is 372 g/mol. The van der Waals surface area contributed by atoms with Crippen LogP contribution in [-0.4, -0.2) is 41.8 Å². The molecule has 2 fully saturated rings. The molecule has 2 aliphatic rings. The number of rotatable bonds is 4. The molecule has 0 aromatic heterocycles. The number of benzene rings is 2. The number of aliphatic imine (C=N–C) groups is 1. The lowest BCUT2D eigenvalue weighted by atomic mass is 10.0. The van der Waals surface area contributed by atoms with E-state index in [1.807, 2.05) is 11.1 Å². The number of para-hydroxylation sites is 1. The van der Waals surface area contributed by atoms with E-state index in [0.717, 1.165) is 32.5 Å². The molecule has 27 heavy (non-hydrogen) atoms. The van der Waals surface area contributed by atoms with Crippen LogP contribution in [0.1, 0.15) is 18.4 Å². The van der Waals surface area contributed by atoms with Crippen LogP contribution >= 0.6 is 0 Å². The highest BCUT2D eigenvalue weighted by Gasteiger charge is 2.30. The molecular weight excluding hydrogens is 350 g/mol. The first-order chi connectivity index (χ1) is 13.2. The normalized spacial score (nSPS) is 20.6. The van der Waals surface area contributed by atoms with Crippen molar-refractivity contribution < 1.29 is 13.5 Å². The molecule has 2 saturated heterocycles. The lowest BCUT2D eigenvalue weighted by molar-refractivity contribution is 0.0633. The third-order valence-electron chi connectivity index (χ3n) is 4.98. The minimum absolute atomic E-state index is 0.130. The van der Waals surface area contributed by atoms with Crippen LogP contribution in [0.2, 0.25) is 0 Å². The summed E-state index contributed by atoms with van der Waals surface area (Å²) in [4.78, 5) is 6.39. The van der Waals surface area contributed by atoms with Crippen LogP contribution < -0.4 is 5.43 Å². The standard InChI is InChI=1S/C20H22F2N4O/c21-17-7-4-8-18(22)19(17)23-20-24-26(14-27-20)16-9-11-25(12-10-16)13-15-5-2-1-3-6-15/h1-8,16H,9-14H2,(H,23,24). The van der Waals surface area contributed by atoms with E-state index in [2.05, 4.69) is 39.6 Å². The number of nitrogens with zero attached hydrogens (tertiary/aromatic N) is 3. The maximum atomic E-state index is 13.7. The van der Waals surface area contributed by atoms with E-state index in [1.54, 1.807) is 0 Å². The van der Waals surface area contributed by atoms with Gasteiger partial charge in [-0.05, 0) is 30.5 Å². The quantitative estimate of drug-likeness (QED) is 0.893. The van der Waals surface area contributed by atoms with E-state index >= 15 is 0 Å². The molecule has 0 radical (unpaired) electrons. The Morgan fingerprint density at radius 2 is 1.70 bits per heavy atom. The first kappa shape index (κ1) is 17.9. The smallest absolute Gasteiger partial charge is 0.306 e. The molecule has 0 amide bonds. The number of hydrazine groups is 1. The first-order valence-electron chi connectivity index (χ1n) is 9.14. The number of hydrogen-bond acceptors (Lipinski definition) is 4. The van der Waals surface area contributed by atoms with E-state index in [1.165, 1.54) is 23.8 Å². The van der Waals surface area contributed by atoms with E-state index in [9.17, 15) is 8.78 Å². The minimum atomic E-state index is -0.708. The van der Waals surface area contributed by atoms with Crippen molar-refractivity contribution in [2.75, 3.05) is 19.8 Å². The number of amidine groups is 1. The Hall–Kier alpha value is -2.51. The average Bonchev–Trinajstić information content (AvgIpc) is 3.15. The second-order valence-corrected chi connectivity index (χ2v) is 6.84. The van der Waals surface area contributed by atoms with Gasteiger partial charge in [-0.2, -0.15) is 10.0 Å². The van der Waals surface area contributed by atoms with Gasteiger partial charge in [0.1, 0.15) is 5.69 Å². The van der Waals surface area contributed by atoms with Crippen molar-refractivity contribution >= 4 is 11.7 Å². The van der Waals surface area contributed by atoms with Crippen molar-refractivity contribution in [1.82, 2.24) is 15.3 Å². The molecule has 2 aliphatic heterocycles. The van der Waals surface area contributed by atoms with E-state index in [-0.39, 0.29) is 11.7 Å². The fourth-order valence-corrected chi connectivity index (χ4v) is 3.50. The number of piperidine rings is 1. The molecule has 0 bridgehead atoms. The summed E-state index contributed by atoms with van der Waals surface area (Å²) >= 11 is 0. The molecule has 142 valence electrons. The van der Waals surface area contributed by atoms with Crippen molar-refractivity contribution in [3.63, 3.8) is 0 Å². The SMILES string of the molecule is Fc1cccc(F)c1N=C1NN(C2CCN(Cc3ccccc3)CC2)CO1. The summed E-state index contributed by atoms with van der Waals surface area (Å²) in [7, 11) is 0. The highest BCUT2D eigenvalue weighted by molar-refractivity contribution is 5.77. The van der Waals surface area contributed by atoms with Gasteiger partial charge in [-0.25, -0.2) is 8.78 Å². The summed E-state index contributed by atoms with van der Waals surface area (Å²) in [6, 6.07) is 14.5. The summed E-state index contributed by atoms with van der Waals surface area (Å²) in [6.07, 6.45) is 1.98. The highest BCUT2D eigenvalue weighted by Crippen LogP contribution is 2.23. The number of nitrogens with one attached hydrogen (secondary N) is 1. The molecule has 0 unspecified atom stereocenters. The van der Waals surface area contributed by atoms with Gasteiger partial charge in [0.25, 0.3) is 0 Å². The summed E-state index contributed by atoms with van der Waals surface area (Å²) < 4.78 is 32.9. The fraction of sp³-hybridized carbons (Fsp3) is 0.350. The lowest BCUT2D eigenvalue weighted by Gasteiger charge is -2.35. The van der Waals surface area contributed by atoms with Crippen LogP contribution in [-0.2, 0) is 11.3 Å². The van der Waals surface area contributed by atoms with Crippen LogP contribution in [0.15, 0.2) is 53.5 Å². The fourth-order valence-electron chi connectivity index (χ4n) is 3.50. The molecule has 7 heteroatoms. The molecule has 0 aliphatic carbocycles. The zero-order chi connectivity index (χ0) is 18.6. The second kappa shape index (κ2) is 8.02. The molecule has 0 saturated carbocycles. The van der Waals surface area contributed by atoms with Gasteiger partial charge in [0, 0.05) is 25.7 Å². The van der Waals surface area contributed by atoms with Crippen LogP contribution in [0.4, 0.5) is 14.5 Å². The van der Waals surface area contributed by atoms with Gasteiger partial charge >= 0.3 is 6.02 Å². The van der Waals surface area contributed by atoms with Gasteiger partial charge in [0.2, 0.25) is 0 Å². The van der Waals surface area contributed by atoms with Crippen molar-refractivity contribution in [3.05, 3.63) is 65.7 Å². The maximum Gasteiger partial charge on any atom is 0.306 e. The van der Waals surface area contributed by atoms with E-state index < -0.39 is 11.6 Å². The van der Waals surface area contributed by atoms with E-state index in [0.29, 0.717) is 12.8 Å². The molecule has 2 aromatic carbocycles. The second-order valence-electron chi connectivity index (χ2n) is 6.84. The predicted molar refractivity (Wildman–Crippen MR) is 99.1 cm³/mol. The zero-order valence-electron chi connectivity index (χ0n) is 14.9. The zero-order valence-corrected chi connectivity index (χ0v) is 14.9. The minimum Gasteiger partial charge on any atom is -0.446 e. The van der Waals surface area contributed by atoms with Crippen molar-refractivity contribution in [3.8, 4) is 0 Å². The number of likely N-dealkylation sites (tertiary alicyclic amines) is 1. The van der Waals surface area contributed by atoms with Crippen LogP contribution in [0.25, 0.3) is 0 Å². The number of ether oxygens (including phenoxy) is 1. The van der Waals surface area contributed by atoms with Gasteiger partial charge in [-0.1, -0.05) is 36.4 Å². The number of hydrogen-bond donors (Lipinski definition) is 1. The van der Waals surface area contributed by atoms with Gasteiger partial charge in [0.05, 0.1) is 0 Å². The molecule has 1 N–H and O–H groups in total. The highest BCUT2D eigenvalue weighted by atomic mass is 19.1. The Labute approximate surface area is 157 Å². The molecule has 4 rings (SSSR count). The molecule has 2 heterocycles. The molecule has 5 nitrogen and oxygen atoms in total. The molecule has 2 aromatic rings. The van der Waals surface area contributed by atoms with Gasteiger partial charge in [-0.3, -0.25) is 10.3 Å². The largest absolute Gasteiger partial charge is 0.446 e. The van der Waals surface area contributed by atoms with Crippen LogP contribution in [0.5, 0.6) is 0 Å². The Morgan fingerprint density at radius 1 is 1.00 bits per heavy atom. The monoisotopic (exact) mass is 372 g/mol. The third kappa shape index (κ3) is 4.26. The van der Waals surface area contributed by atoms with Gasteiger partial charge in [0.15, 0.2) is 18.4 Å². The van der Waals surface area contributed by atoms with Crippen molar-refractivity contribution in [2.45, 2.75) is 25.4 Å². The number of halogens is 2. The molecular formula is C20H22F2N4O. The Balaban J connectivity index is 1.32. The van der Waals surface area contributed by atoms with Crippen molar-refractivity contribution in [2.24, 2.45) is 4.99 Å². The Kier molecular flexibility index (Phi) is 5.31. The van der Waals surface area contributed by atoms with Crippen molar-refractivity contribution in [1.29, 1.82) is 0 Å². The van der Waals surface area contributed by atoms with Gasteiger partial charge < -0.3 is 4.74 Å². The summed E-state index contributed by atoms with van der Waals surface area (Å²) in [5, 5.41) is 1.96. The Morgan fingerprint density at radius 3 is 2.41 bits per heavy atom. The topological polar surface area (TPSA) is 40.1 Å². The lowest BCUT2D eigenvalue weighted by Crippen LogP contribution is -2.48. The summed E-state index contributed by atoms with van der Waals surface area (Å²) in [6.45, 7) is 3.26. The predicted octanol–water partition coefficient (Wildman–Crippen LogP) is 3.41. The summed E-state index contributed by atoms with van der Waals surface area (Å²) in [5.74, 6) is -1.42. The summed E-state index contributed by atoms with van der Waals surface area (Å²) in [5.41, 5.74) is 4.02. The third-order valence-corrected chi connectivity index (χ3v) is 4.98. The van der Waals surface area contributed by atoms with Crippen LogP contribution in [0, 0.1) is 11.6 Å². The molecule has 0 spiro atoms. The van der Waals surface area contributed by atoms with Gasteiger partial charge in [-0.15, -0.1) is 0 Å². The maximum absolute atomic E-state index is 13.7. The van der Waals surface area contributed by atoms with Crippen LogP contribution in [0.3, 0.4) is 0 Å².